The van der Waals surface area contributed by atoms with Crippen LogP contribution in [0.1, 0.15) is 44.3 Å². The van der Waals surface area contributed by atoms with Crippen molar-refractivity contribution < 1.29 is 13.9 Å². The van der Waals surface area contributed by atoms with E-state index in [1.807, 2.05) is 4.90 Å². The van der Waals surface area contributed by atoms with Crippen molar-refractivity contribution in [1.82, 2.24) is 4.90 Å². The van der Waals surface area contributed by atoms with Gasteiger partial charge in [0.15, 0.2) is 0 Å². The van der Waals surface area contributed by atoms with Crippen LogP contribution in [0.4, 0.5) is 0 Å². The molecule has 0 aromatic carbocycles. The number of nitrogens with zero attached hydrogens (tertiary/aromatic N) is 1. The van der Waals surface area contributed by atoms with E-state index in [2.05, 4.69) is 0 Å². The third-order valence-corrected chi connectivity index (χ3v) is 4.61. The van der Waals surface area contributed by atoms with Gasteiger partial charge in [0.05, 0.1) is 12.6 Å². The molecular formula is C17H23NO4. The van der Waals surface area contributed by atoms with Gasteiger partial charge in [-0.1, -0.05) is 12.8 Å². The molecule has 0 radical (unpaired) electrons. The van der Waals surface area contributed by atoms with Crippen molar-refractivity contribution >= 4 is 5.91 Å². The van der Waals surface area contributed by atoms with Crippen LogP contribution in [0.2, 0.25) is 0 Å². The highest BCUT2D eigenvalue weighted by molar-refractivity contribution is 5.76. The smallest absolute Gasteiger partial charge is 0.339 e. The van der Waals surface area contributed by atoms with E-state index in [0.29, 0.717) is 30.4 Å². The molecule has 1 saturated carbocycles. The summed E-state index contributed by atoms with van der Waals surface area (Å²) >= 11 is 0. The predicted octanol–water partition coefficient (Wildman–Crippen LogP) is 2.51. The molecule has 2 heterocycles. The number of carbonyl (C=O) groups is 1. The lowest BCUT2D eigenvalue weighted by Crippen LogP contribution is -2.32. The SMILES string of the molecule is Cc1cc(OC2CCN(C(=O)CC3CCCC3)C2)cc(=O)o1. The highest BCUT2D eigenvalue weighted by Crippen LogP contribution is 2.29. The van der Waals surface area contributed by atoms with Crippen LogP contribution in [0.15, 0.2) is 21.3 Å². The Labute approximate surface area is 130 Å². The number of aryl methyl sites for hydroxylation is 1. The summed E-state index contributed by atoms with van der Waals surface area (Å²) in [7, 11) is 0. The normalized spacial score (nSPS) is 22.2. The molecule has 5 heteroatoms. The fourth-order valence-electron chi connectivity index (χ4n) is 3.48. The number of carbonyl (C=O) groups excluding carboxylic acids is 1. The Balaban J connectivity index is 1.53. The van der Waals surface area contributed by atoms with Crippen LogP contribution >= 0.6 is 0 Å². The van der Waals surface area contributed by atoms with E-state index in [-0.39, 0.29) is 12.0 Å². The van der Waals surface area contributed by atoms with Crippen LogP contribution in [0.5, 0.6) is 5.75 Å². The molecule has 5 nitrogen and oxygen atoms in total. The topological polar surface area (TPSA) is 59.8 Å². The fourth-order valence-corrected chi connectivity index (χ4v) is 3.48. The van der Waals surface area contributed by atoms with E-state index >= 15 is 0 Å². The summed E-state index contributed by atoms with van der Waals surface area (Å²) < 4.78 is 10.7. The lowest BCUT2D eigenvalue weighted by molar-refractivity contribution is -0.131. The first-order valence-electron chi connectivity index (χ1n) is 8.16. The van der Waals surface area contributed by atoms with E-state index in [4.69, 9.17) is 9.15 Å². The predicted molar refractivity (Wildman–Crippen MR) is 81.9 cm³/mol. The van der Waals surface area contributed by atoms with Crippen molar-refractivity contribution in [2.75, 3.05) is 13.1 Å². The maximum absolute atomic E-state index is 12.3. The zero-order valence-corrected chi connectivity index (χ0v) is 13.0. The van der Waals surface area contributed by atoms with Gasteiger partial charge in [-0.25, -0.2) is 4.79 Å². The Hall–Kier alpha value is -1.78. The van der Waals surface area contributed by atoms with Crippen molar-refractivity contribution in [3.63, 3.8) is 0 Å². The average molecular weight is 305 g/mol. The molecule has 0 bridgehead atoms. The van der Waals surface area contributed by atoms with E-state index < -0.39 is 5.63 Å². The molecule has 2 fully saturated rings. The zero-order valence-electron chi connectivity index (χ0n) is 13.0. The molecule has 2 aliphatic rings. The Morgan fingerprint density at radius 1 is 1.32 bits per heavy atom. The van der Waals surface area contributed by atoms with Gasteiger partial charge < -0.3 is 14.1 Å². The van der Waals surface area contributed by atoms with Gasteiger partial charge in [0, 0.05) is 25.5 Å². The largest absolute Gasteiger partial charge is 0.488 e. The van der Waals surface area contributed by atoms with Gasteiger partial charge in [-0.2, -0.15) is 0 Å². The van der Waals surface area contributed by atoms with Crippen LogP contribution in [-0.2, 0) is 4.79 Å². The first-order valence-corrected chi connectivity index (χ1v) is 8.16. The van der Waals surface area contributed by atoms with Gasteiger partial charge in [0.25, 0.3) is 0 Å². The third kappa shape index (κ3) is 3.70. The molecule has 0 N–H and O–H groups in total. The van der Waals surface area contributed by atoms with Crippen LogP contribution in [0, 0.1) is 12.8 Å². The minimum Gasteiger partial charge on any atom is -0.488 e. The van der Waals surface area contributed by atoms with Gasteiger partial charge in [0.2, 0.25) is 5.91 Å². The van der Waals surface area contributed by atoms with E-state index in [0.717, 1.165) is 13.0 Å². The minimum absolute atomic E-state index is 0.0336. The maximum Gasteiger partial charge on any atom is 0.339 e. The molecule has 0 spiro atoms. The Morgan fingerprint density at radius 3 is 2.82 bits per heavy atom. The van der Waals surface area contributed by atoms with Crippen molar-refractivity contribution in [3.05, 3.63) is 28.3 Å². The highest BCUT2D eigenvalue weighted by atomic mass is 16.5. The number of hydrogen-bond acceptors (Lipinski definition) is 4. The summed E-state index contributed by atoms with van der Waals surface area (Å²) in [6.45, 7) is 3.09. The number of rotatable bonds is 4. The van der Waals surface area contributed by atoms with Crippen molar-refractivity contribution in [2.24, 2.45) is 5.92 Å². The zero-order chi connectivity index (χ0) is 15.5. The van der Waals surface area contributed by atoms with Crippen molar-refractivity contribution in [1.29, 1.82) is 0 Å². The molecule has 1 aromatic heterocycles. The summed E-state index contributed by atoms with van der Waals surface area (Å²) in [6, 6.07) is 3.07. The molecule has 3 rings (SSSR count). The number of likely N-dealkylation sites (tertiary alicyclic amines) is 1. The van der Waals surface area contributed by atoms with Crippen LogP contribution in [0.3, 0.4) is 0 Å². The van der Waals surface area contributed by atoms with Gasteiger partial charge in [-0.3, -0.25) is 4.79 Å². The van der Waals surface area contributed by atoms with Gasteiger partial charge in [-0.15, -0.1) is 0 Å². The van der Waals surface area contributed by atoms with Gasteiger partial charge in [0.1, 0.15) is 17.6 Å². The summed E-state index contributed by atoms with van der Waals surface area (Å²) in [5.41, 5.74) is -0.401. The Bertz CT molecular complexity index is 589. The third-order valence-electron chi connectivity index (χ3n) is 4.61. The fraction of sp³-hybridized carbons (Fsp3) is 0.647. The molecule has 22 heavy (non-hydrogen) atoms. The van der Waals surface area contributed by atoms with E-state index in [9.17, 15) is 9.59 Å². The molecule has 120 valence electrons. The molecule has 1 saturated heterocycles. The number of amides is 1. The van der Waals surface area contributed by atoms with Crippen LogP contribution in [-0.4, -0.2) is 30.0 Å². The van der Waals surface area contributed by atoms with E-state index in [1.165, 1.54) is 31.7 Å². The first-order chi connectivity index (χ1) is 10.6. The van der Waals surface area contributed by atoms with Crippen molar-refractivity contribution in [3.8, 4) is 5.75 Å². The van der Waals surface area contributed by atoms with Crippen LogP contribution < -0.4 is 10.4 Å². The number of hydrogen-bond donors (Lipinski definition) is 0. The molecule has 1 atom stereocenters. The highest BCUT2D eigenvalue weighted by Gasteiger charge is 2.29. The summed E-state index contributed by atoms with van der Waals surface area (Å²) in [4.78, 5) is 25.6. The minimum atomic E-state index is -0.401. The number of ether oxygens (including phenoxy) is 1. The molecule has 1 unspecified atom stereocenters. The summed E-state index contributed by atoms with van der Waals surface area (Å²) in [5, 5.41) is 0. The lowest BCUT2D eigenvalue weighted by atomic mass is 10.0. The molecule has 1 aliphatic heterocycles. The van der Waals surface area contributed by atoms with Crippen molar-refractivity contribution in [2.45, 2.75) is 51.6 Å². The van der Waals surface area contributed by atoms with Gasteiger partial charge in [-0.05, 0) is 25.7 Å². The second-order valence-corrected chi connectivity index (χ2v) is 6.45. The standard InChI is InChI=1S/C17H23NO4/c1-12-8-15(10-17(20)21-12)22-14-6-7-18(11-14)16(19)9-13-4-2-3-5-13/h8,10,13-14H,2-7,9,11H2,1H3. The maximum atomic E-state index is 12.3. The lowest BCUT2D eigenvalue weighted by Gasteiger charge is -2.19. The quantitative estimate of drug-likeness (QED) is 0.857. The molecular weight excluding hydrogens is 282 g/mol. The van der Waals surface area contributed by atoms with Crippen LogP contribution in [0.25, 0.3) is 0 Å². The monoisotopic (exact) mass is 305 g/mol. The molecule has 1 aromatic rings. The Kier molecular flexibility index (Phi) is 4.50. The second kappa shape index (κ2) is 6.55. The Morgan fingerprint density at radius 2 is 2.09 bits per heavy atom. The molecule has 1 aliphatic carbocycles. The summed E-state index contributed by atoms with van der Waals surface area (Å²) in [5.74, 6) is 1.90. The average Bonchev–Trinajstić information content (AvgIpc) is 3.09. The first kappa shape index (κ1) is 15.1. The second-order valence-electron chi connectivity index (χ2n) is 6.45. The summed E-state index contributed by atoms with van der Waals surface area (Å²) in [6.07, 6.45) is 6.38. The van der Waals surface area contributed by atoms with Gasteiger partial charge >= 0.3 is 5.63 Å². The van der Waals surface area contributed by atoms with E-state index in [1.54, 1.807) is 13.0 Å². The molecule has 1 amide bonds.